The molecule has 1 heteroatoms. The van der Waals surface area contributed by atoms with E-state index in [-0.39, 0.29) is 0 Å². The summed E-state index contributed by atoms with van der Waals surface area (Å²) in [5.41, 5.74) is 3.02. The quantitative estimate of drug-likeness (QED) is 0.754. The van der Waals surface area contributed by atoms with Gasteiger partial charge in [-0.05, 0) is 49.4 Å². The highest BCUT2D eigenvalue weighted by Crippen LogP contribution is 2.25. The number of hydrogen-bond acceptors (Lipinski definition) is 1. The van der Waals surface area contributed by atoms with Crippen LogP contribution >= 0.6 is 0 Å². The Morgan fingerprint density at radius 1 is 1.29 bits per heavy atom. The summed E-state index contributed by atoms with van der Waals surface area (Å²) in [7, 11) is 0. The zero-order chi connectivity index (χ0) is 9.80. The lowest BCUT2D eigenvalue weighted by molar-refractivity contribution is 0.460. The highest BCUT2D eigenvalue weighted by atomic mass is 14.9. The van der Waals surface area contributed by atoms with Crippen LogP contribution in [0.4, 0.5) is 0 Å². The molecule has 1 aliphatic rings. The van der Waals surface area contributed by atoms with Crippen molar-refractivity contribution in [3.05, 3.63) is 35.4 Å². The minimum absolute atomic E-state index is 0.794. The van der Waals surface area contributed by atoms with Gasteiger partial charge in [0.05, 0.1) is 0 Å². The van der Waals surface area contributed by atoms with Crippen LogP contribution in [0.25, 0.3) is 0 Å². The van der Waals surface area contributed by atoms with Crippen LogP contribution in [0.5, 0.6) is 0 Å². The molecule has 2 rings (SSSR count). The van der Waals surface area contributed by atoms with Crippen molar-refractivity contribution in [3.63, 3.8) is 0 Å². The molecule has 1 fully saturated rings. The zero-order valence-corrected chi connectivity index (χ0v) is 8.92. The number of nitrogens with one attached hydrogen (secondary N) is 1. The van der Waals surface area contributed by atoms with E-state index in [1.807, 2.05) is 0 Å². The van der Waals surface area contributed by atoms with Gasteiger partial charge in [-0.2, -0.15) is 0 Å². The van der Waals surface area contributed by atoms with E-state index < -0.39 is 0 Å². The van der Waals surface area contributed by atoms with Crippen molar-refractivity contribution >= 4 is 0 Å². The van der Waals surface area contributed by atoms with Crippen molar-refractivity contribution in [1.29, 1.82) is 0 Å². The summed E-state index contributed by atoms with van der Waals surface area (Å²) >= 11 is 0. The fourth-order valence-electron chi connectivity index (χ4n) is 2.22. The average molecular weight is 189 g/mol. The van der Waals surface area contributed by atoms with Crippen LogP contribution in [0.1, 0.15) is 36.8 Å². The molecule has 1 aromatic rings. The molecule has 0 saturated carbocycles. The summed E-state index contributed by atoms with van der Waals surface area (Å²) in [5, 5.41) is 3.41. The van der Waals surface area contributed by atoms with Gasteiger partial charge in [0.2, 0.25) is 0 Å². The Morgan fingerprint density at radius 3 is 2.79 bits per heavy atom. The summed E-state index contributed by atoms with van der Waals surface area (Å²) in [6.07, 6.45) is 3.75. The molecular weight excluding hydrogens is 170 g/mol. The molecule has 0 atom stereocenters. The summed E-state index contributed by atoms with van der Waals surface area (Å²) in [4.78, 5) is 0. The molecule has 76 valence electrons. The second kappa shape index (κ2) is 4.61. The first-order chi connectivity index (χ1) is 6.90. The van der Waals surface area contributed by atoms with Crippen LogP contribution in [-0.2, 0) is 6.42 Å². The molecule has 0 aliphatic carbocycles. The fourth-order valence-corrected chi connectivity index (χ4v) is 2.22. The van der Waals surface area contributed by atoms with E-state index in [1.54, 1.807) is 5.56 Å². The third kappa shape index (κ3) is 2.16. The standard InChI is InChI=1S/C13H19N/c1-2-11-4-3-5-13(10-11)12-6-8-14-9-7-12/h3-5,10,12,14H,2,6-9H2,1H3. The molecule has 1 saturated heterocycles. The second-order valence-corrected chi connectivity index (χ2v) is 4.12. The lowest BCUT2D eigenvalue weighted by Gasteiger charge is -2.23. The van der Waals surface area contributed by atoms with Crippen molar-refractivity contribution in [1.82, 2.24) is 5.32 Å². The number of rotatable bonds is 2. The lowest BCUT2D eigenvalue weighted by Crippen LogP contribution is -2.26. The van der Waals surface area contributed by atoms with Gasteiger partial charge >= 0.3 is 0 Å². The molecule has 0 aromatic heterocycles. The minimum Gasteiger partial charge on any atom is -0.317 e. The maximum Gasteiger partial charge on any atom is -0.00431 e. The summed E-state index contributed by atoms with van der Waals surface area (Å²) in [5.74, 6) is 0.794. The molecule has 0 radical (unpaired) electrons. The van der Waals surface area contributed by atoms with E-state index in [4.69, 9.17) is 0 Å². The van der Waals surface area contributed by atoms with E-state index in [2.05, 4.69) is 36.5 Å². The Hall–Kier alpha value is -0.820. The summed E-state index contributed by atoms with van der Waals surface area (Å²) < 4.78 is 0. The van der Waals surface area contributed by atoms with Gasteiger partial charge < -0.3 is 5.32 Å². The molecule has 1 nitrogen and oxygen atoms in total. The third-order valence-corrected chi connectivity index (χ3v) is 3.17. The first-order valence-electron chi connectivity index (χ1n) is 5.69. The van der Waals surface area contributed by atoms with Crippen molar-refractivity contribution in [3.8, 4) is 0 Å². The Morgan fingerprint density at radius 2 is 2.07 bits per heavy atom. The SMILES string of the molecule is CCc1cccc(C2CCNCC2)c1. The highest BCUT2D eigenvalue weighted by molar-refractivity contribution is 5.26. The van der Waals surface area contributed by atoms with Crippen LogP contribution in [0.3, 0.4) is 0 Å². The predicted octanol–water partition coefficient (Wildman–Crippen LogP) is 2.72. The number of hydrogen-bond donors (Lipinski definition) is 1. The summed E-state index contributed by atoms with van der Waals surface area (Å²) in [6, 6.07) is 9.10. The average Bonchev–Trinajstić information content (AvgIpc) is 2.30. The molecule has 1 aromatic carbocycles. The van der Waals surface area contributed by atoms with E-state index in [9.17, 15) is 0 Å². The topological polar surface area (TPSA) is 12.0 Å². The molecule has 14 heavy (non-hydrogen) atoms. The van der Waals surface area contributed by atoms with Gasteiger partial charge in [0, 0.05) is 0 Å². The molecule has 1 aliphatic heterocycles. The first kappa shape index (κ1) is 9.72. The number of piperidine rings is 1. The predicted molar refractivity (Wildman–Crippen MR) is 60.7 cm³/mol. The van der Waals surface area contributed by atoms with Gasteiger partial charge in [-0.1, -0.05) is 31.2 Å². The van der Waals surface area contributed by atoms with Gasteiger partial charge in [-0.25, -0.2) is 0 Å². The maximum absolute atomic E-state index is 3.41. The second-order valence-electron chi connectivity index (χ2n) is 4.12. The monoisotopic (exact) mass is 189 g/mol. The molecule has 1 heterocycles. The van der Waals surface area contributed by atoms with Gasteiger partial charge in [-0.3, -0.25) is 0 Å². The van der Waals surface area contributed by atoms with Gasteiger partial charge in [-0.15, -0.1) is 0 Å². The molecule has 1 N–H and O–H groups in total. The van der Waals surface area contributed by atoms with Crippen molar-refractivity contribution < 1.29 is 0 Å². The normalized spacial score (nSPS) is 18.4. The molecule has 0 bridgehead atoms. The van der Waals surface area contributed by atoms with Crippen LogP contribution in [0, 0.1) is 0 Å². The number of aryl methyl sites for hydroxylation is 1. The Bertz CT molecular complexity index is 287. The van der Waals surface area contributed by atoms with Crippen molar-refractivity contribution in [2.75, 3.05) is 13.1 Å². The lowest BCUT2D eigenvalue weighted by atomic mass is 9.89. The van der Waals surface area contributed by atoms with Crippen LogP contribution < -0.4 is 5.32 Å². The Labute approximate surface area is 86.5 Å². The van der Waals surface area contributed by atoms with Gasteiger partial charge in [0.25, 0.3) is 0 Å². The molecule has 0 amide bonds. The smallest absolute Gasteiger partial charge is 0.00431 e. The van der Waals surface area contributed by atoms with Gasteiger partial charge in [0.15, 0.2) is 0 Å². The largest absolute Gasteiger partial charge is 0.317 e. The molecule has 0 unspecified atom stereocenters. The van der Waals surface area contributed by atoms with Crippen LogP contribution in [0.2, 0.25) is 0 Å². The molecule has 0 spiro atoms. The van der Waals surface area contributed by atoms with E-state index in [0.717, 1.165) is 12.3 Å². The van der Waals surface area contributed by atoms with Crippen molar-refractivity contribution in [2.24, 2.45) is 0 Å². The minimum atomic E-state index is 0.794. The Balaban J connectivity index is 2.13. The Kier molecular flexibility index (Phi) is 3.20. The maximum atomic E-state index is 3.41. The van der Waals surface area contributed by atoms with E-state index in [0.29, 0.717) is 0 Å². The van der Waals surface area contributed by atoms with E-state index >= 15 is 0 Å². The van der Waals surface area contributed by atoms with Crippen LogP contribution in [-0.4, -0.2) is 13.1 Å². The fraction of sp³-hybridized carbons (Fsp3) is 0.538. The van der Waals surface area contributed by atoms with Crippen molar-refractivity contribution in [2.45, 2.75) is 32.1 Å². The summed E-state index contributed by atoms with van der Waals surface area (Å²) in [6.45, 7) is 4.59. The zero-order valence-electron chi connectivity index (χ0n) is 8.92. The van der Waals surface area contributed by atoms with E-state index in [1.165, 1.54) is 31.5 Å². The van der Waals surface area contributed by atoms with Gasteiger partial charge in [0.1, 0.15) is 0 Å². The number of benzene rings is 1. The third-order valence-electron chi connectivity index (χ3n) is 3.17. The molecular formula is C13H19N. The first-order valence-corrected chi connectivity index (χ1v) is 5.69. The highest BCUT2D eigenvalue weighted by Gasteiger charge is 2.14. The van der Waals surface area contributed by atoms with Crippen LogP contribution in [0.15, 0.2) is 24.3 Å².